The SMILES string of the molecule is OC[C@H]1SC(Sc2ccc(F)cc2)C[C@@H]1O. The lowest BCUT2D eigenvalue weighted by atomic mass is 10.2. The van der Waals surface area contributed by atoms with E-state index in [1.54, 1.807) is 35.7 Å². The van der Waals surface area contributed by atoms with E-state index in [4.69, 9.17) is 5.11 Å². The van der Waals surface area contributed by atoms with E-state index >= 15 is 0 Å². The summed E-state index contributed by atoms with van der Waals surface area (Å²) in [7, 11) is 0. The van der Waals surface area contributed by atoms with Crippen molar-refractivity contribution in [2.75, 3.05) is 6.61 Å². The Balaban J connectivity index is 1.94. The smallest absolute Gasteiger partial charge is 0.123 e. The molecule has 1 fully saturated rings. The molecule has 0 radical (unpaired) electrons. The van der Waals surface area contributed by atoms with Crippen LogP contribution >= 0.6 is 23.5 Å². The standard InChI is InChI=1S/C11H13FO2S2/c12-7-1-3-8(4-2-7)15-11-5-9(14)10(6-13)16-11/h1-4,9-11,13-14H,5-6H2/t9-,10+,11?/m0/s1. The van der Waals surface area contributed by atoms with Gasteiger partial charge in [-0.05, 0) is 30.7 Å². The maximum Gasteiger partial charge on any atom is 0.123 e. The van der Waals surface area contributed by atoms with Crippen LogP contribution in [0.15, 0.2) is 29.2 Å². The van der Waals surface area contributed by atoms with E-state index in [2.05, 4.69) is 0 Å². The normalized spacial score (nSPS) is 29.6. The van der Waals surface area contributed by atoms with E-state index in [1.807, 2.05) is 0 Å². The van der Waals surface area contributed by atoms with Gasteiger partial charge in [-0.3, -0.25) is 0 Å². The van der Waals surface area contributed by atoms with Crippen molar-refractivity contribution in [3.05, 3.63) is 30.1 Å². The summed E-state index contributed by atoms with van der Waals surface area (Å²) in [6.45, 7) is 0.00626. The topological polar surface area (TPSA) is 40.5 Å². The number of benzene rings is 1. The molecule has 1 saturated heterocycles. The largest absolute Gasteiger partial charge is 0.395 e. The first-order valence-electron chi connectivity index (χ1n) is 5.05. The van der Waals surface area contributed by atoms with Gasteiger partial charge in [0.15, 0.2) is 0 Å². The van der Waals surface area contributed by atoms with Crippen molar-refractivity contribution in [2.24, 2.45) is 0 Å². The van der Waals surface area contributed by atoms with Crippen LogP contribution in [0.3, 0.4) is 0 Å². The van der Waals surface area contributed by atoms with Crippen molar-refractivity contribution < 1.29 is 14.6 Å². The summed E-state index contributed by atoms with van der Waals surface area (Å²) in [5.74, 6) is -0.239. The molecule has 1 unspecified atom stereocenters. The molecule has 0 aliphatic carbocycles. The molecule has 0 bridgehead atoms. The fourth-order valence-electron chi connectivity index (χ4n) is 1.60. The summed E-state index contributed by atoms with van der Waals surface area (Å²) >= 11 is 3.19. The summed E-state index contributed by atoms with van der Waals surface area (Å²) < 4.78 is 12.9. The van der Waals surface area contributed by atoms with Gasteiger partial charge in [-0.2, -0.15) is 0 Å². The fourth-order valence-corrected chi connectivity index (χ4v) is 4.55. The summed E-state index contributed by atoms with van der Waals surface area (Å²) in [5.41, 5.74) is 0. The van der Waals surface area contributed by atoms with Gasteiger partial charge in [-0.25, -0.2) is 4.39 Å². The lowest BCUT2D eigenvalue weighted by molar-refractivity contribution is 0.144. The Hall–Kier alpha value is -0.230. The average molecular weight is 260 g/mol. The first-order valence-corrected chi connectivity index (χ1v) is 6.88. The van der Waals surface area contributed by atoms with Crippen LogP contribution in [-0.4, -0.2) is 32.8 Å². The molecule has 3 atom stereocenters. The number of aliphatic hydroxyl groups is 2. The van der Waals surface area contributed by atoms with Crippen molar-refractivity contribution in [2.45, 2.75) is 27.3 Å². The van der Waals surface area contributed by atoms with Gasteiger partial charge in [0.1, 0.15) is 5.82 Å². The van der Waals surface area contributed by atoms with Gasteiger partial charge < -0.3 is 10.2 Å². The molecule has 2 rings (SSSR count). The second kappa shape index (κ2) is 5.40. The summed E-state index contributed by atoms with van der Waals surface area (Å²) in [5, 5.41) is 18.6. The van der Waals surface area contributed by atoms with E-state index in [9.17, 15) is 9.50 Å². The lowest BCUT2D eigenvalue weighted by Gasteiger charge is -2.09. The molecular weight excluding hydrogens is 247 g/mol. The quantitative estimate of drug-likeness (QED) is 0.873. The molecule has 0 amide bonds. The first-order chi connectivity index (χ1) is 7.69. The highest BCUT2D eigenvalue weighted by molar-refractivity contribution is 8.17. The number of hydrogen-bond donors (Lipinski definition) is 2. The highest BCUT2D eigenvalue weighted by atomic mass is 32.2. The lowest BCUT2D eigenvalue weighted by Crippen LogP contribution is -2.20. The number of rotatable bonds is 3. The molecule has 1 aliphatic rings. The third-order valence-electron chi connectivity index (χ3n) is 2.45. The first kappa shape index (κ1) is 12.2. The number of halogens is 1. The molecule has 1 aromatic rings. The molecule has 2 nitrogen and oxygen atoms in total. The Morgan fingerprint density at radius 1 is 1.38 bits per heavy atom. The maximum absolute atomic E-state index is 12.7. The molecule has 2 N–H and O–H groups in total. The second-order valence-electron chi connectivity index (χ2n) is 3.66. The van der Waals surface area contributed by atoms with Crippen LogP contribution in [0, 0.1) is 5.82 Å². The van der Waals surface area contributed by atoms with Gasteiger partial charge in [0.2, 0.25) is 0 Å². The van der Waals surface area contributed by atoms with E-state index in [0.717, 1.165) is 4.90 Å². The highest BCUT2D eigenvalue weighted by Crippen LogP contribution is 2.43. The van der Waals surface area contributed by atoms with Crippen LogP contribution in [0.5, 0.6) is 0 Å². The van der Waals surface area contributed by atoms with Crippen molar-refractivity contribution in [1.29, 1.82) is 0 Å². The molecule has 0 saturated carbocycles. The van der Waals surface area contributed by atoms with E-state index in [0.29, 0.717) is 6.42 Å². The van der Waals surface area contributed by atoms with Crippen molar-refractivity contribution in [3.63, 3.8) is 0 Å². The van der Waals surface area contributed by atoms with Crippen molar-refractivity contribution >= 4 is 23.5 Å². The predicted octanol–water partition coefficient (Wildman–Crippen LogP) is 2.10. The van der Waals surface area contributed by atoms with Crippen molar-refractivity contribution in [1.82, 2.24) is 0 Å². The van der Waals surface area contributed by atoms with Crippen LogP contribution in [0.25, 0.3) is 0 Å². The molecule has 1 heterocycles. The molecule has 5 heteroatoms. The number of thioether (sulfide) groups is 2. The summed E-state index contributed by atoms with van der Waals surface area (Å²) in [6, 6.07) is 6.34. The Morgan fingerprint density at radius 2 is 2.06 bits per heavy atom. The summed E-state index contributed by atoms with van der Waals surface area (Å²) in [4.78, 5) is 0.990. The molecule has 0 aromatic heterocycles. The Kier molecular flexibility index (Phi) is 4.13. The van der Waals surface area contributed by atoms with Gasteiger partial charge >= 0.3 is 0 Å². The van der Waals surface area contributed by atoms with Crippen LogP contribution in [0.2, 0.25) is 0 Å². The molecule has 0 spiro atoms. The van der Waals surface area contributed by atoms with Gasteiger partial charge in [-0.1, -0.05) is 0 Å². The zero-order valence-electron chi connectivity index (χ0n) is 8.54. The van der Waals surface area contributed by atoms with E-state index in [1.165, 1.54) is 12.1 Å². The monoisotopic (exact) mass is 260 g/mol. The van der Waals surface area contributed by atoms with E-state index in [-0.39, 0.29) is 22.3 Å². The van der Waals surface area contributed by atoms with E-state index < -0.39 is 6.10 Å². The maximum atomic E-state index is 12.7. The predicted molar refractivity (Wildman–Crippen MR) is 65.1 cm³/mol. The van der Waals surface area contributed by atoms with Crippen LogP contribution in [-0.2, 0) is 0 Å². The minimum atomic E-state index is -0.437. The third kappa shape index (κ3) is 2.91. The zero-order chi connectivity index (χ0) is 11.5. The Bertz CT molecular complexity index is 344. The van der Waals surface area contributed by atoms with Gasteiger partial charge in [0, 0.05) is 4.90 Å². The summed E-state index contributed by atoms with van der Waals surface area (Å²) in [6.07, 6.45) is 0.228. The van der Waals surface area contributed by atoms with Gasteiger partial charge in [-0.15, -0.1) is 23.5 Å². The Morgan fingerprint density at radius 3 is 2.62 bits per heavy atom. The second-order valence-corrected chi connectivity index (χ2v) is 6.68. The minimum Gasteiger partial charge on any atom is -0.395 e. The average Bonchev–Trinajstić information content (AvgIpc) is 2.62. The Labute approximate surface area is 102 Å². The third-order valence-corrected chi connectivity index (χ3v) is 5.38. The van der Waals surface area contributed by atoms with Gasteiger partial charge in [0.05, 0.1) is 22.5 Å². The van der Waals surface area contributed by atoms with Crippen LogP contribution in [0.1, 0.15) is 6.42 Å². The number of hydrogen-bond acceptors (Lipinski definition) is 4. The van der Waals surface area contributed by atoms with Crippen LogP contribution in [0.4, 0.5) is 4.39 Å². The van der Waals surface area contributed by atoms with Crippen molar-refractivity contribution in [3.8, 4) is 0 Å². The minimum absolute atomic E-state index is 0.00626. The molecule has 88 valence electrons. The highest BCUT2D eigenvalue weighted by Gasteiger charge is 2.33. The number of aliphatic hydroxyl groups excluding tert-OH is 2. The molecule has 1 aliphatic heterocycles. The molecular formula is C11H13FO2S2. The zero-order valence-corrected chi connectivity index (χ0v) is 10.2. The van der Waals surface area contributed by atoms with Crippen LogP contribution < -0.4 is 0 Å². The molecule has 1 aromatic carbocycles. The fraction of sp³-hybridized carbons (Fsp3) is 0.455. The van der Waals surface area contributed by atoms with Gasteiger partial charge in [0.25, 0.3) is 0 Å². The molecule has 16 heavy (non-hydrogen) atoms.